The molecule has 0 nitrogen and oxygen atoms in total. The summed E-state index contributed by atoms with van der Waals surface area (Å²) in [6, 6.07) is 6.68. The van der Waals surface area contributed by atoms with Gasteiger partial charge in [0.1, 0.15) is 0 Å². The average molecular weight is 212 g/mol. The predicted octanol–water partition coefficient (Wildman–Crippen LogP) is 5.02. The lowest BCUT2D eigenvalue weighted by molar-refractivity contribution is 0.650. The van der Waals surface area contributed by atoms with Crippen LogP contribution in [-0.4, -0.2) is 0 Å². The minimum Gasteiger partial charge on any atom is -0.0985 e. The number of hydrogen-bond donors (Lipinski definition) is 0. The second kappa shape index (κ2) is 4.69. The van der Waals surface area contributed by atoms with Gasteiger partial charge in [0.15, 0.2) is 0 Å². The van der Waals surface area contributed by atoms with Crippen LogP contribution in [0.4, 0.5) is 0 Å². The zero-order valence-electron chi connectivity index (χ0n) is 10.3. The lowest BCUT2D eigenvalue weighted by atomic mass is 9.90. The van der Waals surface area contributed by atoms with E-state index in [2.05, 4.69) is 44.7 Å². The Balaban J connectivity index is 2.31. The minimum absolute atomic E-state index is 0.648. The van der Waals surface area contributed by atoms with E-state index >= 15 is 0 Å². The van der Waals surface area contributed by atoms with Crippen LogP contribution in [0.1, 0.15) is 55.7 Å². The van der Waals surface area contributed by atoms with Crippen molar-refractivity contribution < 1.29 is 0 Å². The van der Waals surface area contributed by atoms with Crippen LogP contribution in [0.15, 0.2) is 30.4 Å². The third-order valence-corrected chi connectivity index (χ3v) is 3.50. The zero-order chi connectivity index (χ0) is 11.5. The zero-order valence-corrected chi connectivity index (χ0v) is 10.3. The Labute approximate surface area is 98.7 Å². The van der Waals surface area contributed by atoms with E-state index in [1.807, 2.05) is 6.08 Å². The normalized spacial score (nSPS) is 18.1. The van der Waals surface area contributed by atoms with Gasteiger partial charge in [-0.25, -0.2) is 0 Å². The van der Waals surface area contributed by atoms with Crippen molar-refractivity contribution in [2.24, 2.45) is 0 Å². The quantitative estimate of drug-likeness (QED) is 0.657. The molecule has 0 heterocycles. The van der Waals surface area contributed by atoms with E-state index < -0.39 is 0 Å². The monoisotopic (exact) mass is 212 g/mol. The number of allylic oxidation sites excluding steroid dienone is 1. The number of fused-ring (bicyclic) bond motifs is 1. The van der Waals surface area contributed by atoms with Gasteiger partial charge in [0, 0.05) is 5.92 Å². The van der Waals surface area contributed by atoms with E-state index in [0.29, 0.717) is 5.92 Å². The third-order valence-electron chi connectivity index (χ3n) is 3.50. The lowest BCUT2D eigenvalue weighted by Crippen LogP contribution is -1.97. The number of hydrogen-bond acceptors (Lipinski definition) is 0. The van der Waals surface area contributed by atoms with Gasteiger partial charge in [-0.05, 0) is 30.0 Å². The van der Waals surface area contributed by atoms with Gasteiger partial charge >= 0.3 is 0 Å². The summed E-state index contributed by atoms with van der Waals surface area (Å²) < 4.78 is 0. The van der Waals surface area contributed by atoms with Gasteiger partial charge in [-0.2, -0.15) is 0 Å². The van der Waals surface area contributed by atoms with Crippen molar-refractivity contribution in [3.05, 3.63) is 47.0 Å². The van der Waals surface area contributed by atoms with Crippen LogP contribution in [0.25, 0.3) is 12.2 Å². The summed E-state index contributed by atoms with van der Waals surface area (Å²) in [5.74, 6) is 0.648. The molecule has 2 rings (SSSR count). The molecule has 0 bridgehead atoms. The largest absolute Gasteiger partial charge is 0.0985 e. The van der Waals surface area contributed by atoms with Gasteiger partial charge in [0.05, 0.1) is 0 Å². The maximum atomic E-state index is 3.85. The molecule has 0 fully saturated rings. The van der Waals surface area contributed by atoms with E-state index in [4.69, 9.17) is 0 Å². The minimum atomic E-state index is 0.648. The van der Waals surface area contributed by atoms with Crippen molar-refractivity contribution >= 4 is 12.2 Å². The van der Waals surface area contributed by atoms with E-state index in [1.54, 1.807) is 0 Å². The first-order chi connectivity index (χ1) is 7.76. The Morgan fingerprint density at radius 3 is 2.88 bits per heavy atom. The molecule has 84 valence electrons. The van der Waals surface area contributed by atoms with Gasteiger partial charge in [0.2, 0.25) is 0 Å². The molecule has 1 atom stereocenters. The van der Waals surface area contributed by atoms with Crippen LogP contribution in [-0.2, 0) is 0 Å². The molecule has 1 aromatic carbocycles. The molecule has 1 aliphatic rings. The van der Waals surface area contributed by atoms with Crippen LogP contribution in [0.3, 0.4) is 0 Å². The van der Waals surface area contributed by atoms with E-state index in [0.717, 1.165) is 0 Å². The lowest BCUT2D eigenvalue weighted by Gasteiger charge is -2.14. The van der Waals surface area contributed by atoms with Crippen molar-refractivity contribution in [1.82, 2.24) is 0 Å². The molecule has 1 aromatic rings. The fraction of sp³-hybridized carbons (Fsp3) is 0.375. The molecule has 0 N–H and O–H groups in total. The maximum Gasteiger partial charge on any atom is 0.00548 e. The Morgan fingerprint density at radius 1 is 1.38 bits per heavy atom. The van der Waals surface area contributed by atoms with Crippen LogP contribution < -0.4 is 0 Å². The van der Waals surface area contributed by atoms with Crippen molar-refractivity contribution in [1.29, 1.82) is 0 Å². The summed E-state index contributed by atoms with van der Waals surface area (Å²) in [5.41, 5.74) is 5.67. The molecule has 0 spiro atoms. The highest BCUT2D eigenvalue weighted by Crippen LogP contribution is 2.39. The van der Waals surface area contributed by atoms with Crippen molar-refractivity contribution in [2.45, 2.75) is 39.0 Å². The van der Waals surface area contributed by atoms with Gasteiger partial charge in [0.25, 0.3) is 0 Å². The first-order valence-electron chi connectivity index (χ1n) is 6.21. The molecule has 0 saturated carbocycles. The second-order valence-electron chi connectivity index (χ2n) is 4.68. The molecular formula is C16H20. The van der Waals surface area contributed by atoms with Crippen LogP contribution in [0.5, 0.6) is 0 Å². The predicted molar refractivity (Wildman–Crippen MR) is 72.5 cm³/mol. The SMILES string of the molecule is C=Cc1ccc2c(c1)C(CCCC)C(C)=C2. The second-order valence-corrected chi connectivity index (χ2v) is 4.68. The standard InChI is InChI=1S/C16H20/c1-4-6-7-15-12(3)10-14-9-8-13(5-2)11-16(14)15/h5,8-11,15H,2,4,6-7H2,1,3H3. The molecule has 0 amide bonds. The highest BCUT2D eigenvalue weighted by Gasteiger charge is 2.21. The smallest absolute Gasteiger partial charge is 0.00548 e. The molecule has 16 heavy (non-hydrogen) atoms. The highest BCUT2D eigenvalue weighted by atomic mass is 14.3. The van der Waals surface area contributed by atoms with Crippen LogP contribution >= 0.6 is 0 Å². The fourth-order valence-corrected chi connectivity index (χ4v) is 2.54. The average Bonchev–Trinajstić information content (AvgIpc) is 2.61. The first kappa shape index (κ1) is 11.2. The van der Waals surface area contributed by atoms with Gasteiger partial charge in [-0.3, -0.25) is 0 Å². The molecular weight excluding hydrogens is 192 g/mol. The van der Waals surface area contributed by atoms with Gasteiger partial charge < -0.3 is 0 Å². The van der Waals surface area contributed by atoms with E-state index in [9.17, 15) is 0 Å². The molecule has 0 aliphatic heterocycles. The Hall–Kier alpha value is -1.30. The Kier molecular flexibility index (Phi) is 3.28. The molecule has 1 aliphatic carbocycles. The summed E-state index contributed by atoms with van der Waals surface area (Å²) >= 11 is 0. The maximum absolute atomic E-state index is 3.85. The fourth-order valence-electron chi connectivity index (χ4n) is 2.54. The Bertz CT molecular complexity index is 424. The summed E-state index contributed by atoms with van der Waals surface area (Å²) in [7, 11) is 0. The third kappa shape index (κ3) is 1.97. The van der Waals surface area contributed by atoms with Gasteiger partial charge in [-0.15, -0.1) is 0 Å². The van der Waals surface area contributed by atoms with Crippen molar-refractivity contribution in [3.8, 4) is 0 Å². The first-order valence-corrected chi connectivity index (χ1v) is 6.21. The topological polar surface area (TPSA) is 0 Å². The molecule has 0 saturated heterocycles. The van der Waals surface area contributed by atoms with Crippen molar-refractivity contribution in [3.63, 3.8) is 0 Å². The molecule has 0 aromatic heterocycles. The summed E-state index contributed by atoms with van der Waals surface area (Å²) in [6.45, 7) is 8.36. The Morgan fingerprint density at radius 2 is 2.19 bits per heavy atom. The number of benzene rings is 1. The summed E-state index contributed by atoms with van der Waals surface area (Å²) in [5, 5.41) is 0. The summed E-state index contributed by atoms with van der Waals surface area (Å²) in [4.78, 5) is 0. The van der Waals surface area contributed by atoms with E-state index in [1.165, 1.54) is 41.5 Å². The summed E-state index contributed by atoms with van der Waals surface area (Å²) in [6.07, 6.45) is 8.15. The van der Waals surface area contributed by atoms with E-state index in [-0.39, 0.29) is 0 Å². The van der Waals surface area contributed by atoms with Crippen LogP contribution in [0, 0.1) is 0 Å². The molecule has 1 unspecified atom stereocenters. The molecule has 0 heteroatoms. The van der Waals surface area contributed by atoms with Gasteiger partial charge in [-0.1, -0.05) is 62.3 Å². The van der Waals surface area contributed by atoms with Crippen molar-refractivity contribution in [2.75, 3.05) is 0 Å². The number of unbranched alkanes of at least 4 members (excludes halogenated alkanes) is 1. The van der Waals surface area contributed by atoms with Crippen LogP contribution in [0.2, 0.25) is 0 Å². The highest BCUT2D eigenvalue weighted by molar-refractivity contribution is 5.68. The number of rotatable bonds is 4. The molecule has 0 radical (unpaired) electrons.